The van der Waals surface area contributed by atoms with E-state index in [1.54, 1.807) is 0 Å². The molecule has 5 unspecified atom stereocenters. The summed E-state index contributed by atoms with van der Waals surface area (Å²) in [6.45, 7) is 6.91. The average Bonchev–Trinajstić information content (AvgIpc) is 3.00. The van der Waals surface area contributed by atoms with Crippen molar-refractivity contribution in [2.24, 2.45) is 46.3 Å². The summed E-state index contributed by atoms with van der Waals surface area (Å²) in [6, 6.07) is 0. The van der Waals surface area contributed by atoms with E-state index in [4.69, 9.17) is 5.11 Å². The number of aliphatic hydroxyl groups is 3. The molecule has 4 aliphatic carbocycles. The normalized spacial score (nSPS) is 51.4. The van der Waals surface area contributed by atoms with Crippen LogP contribution in [0.2, 0.25) is 0 Å². The van der Waals surface area contributed by atoms with Gasteiger partial charge in [-0.1, -0.05) is 20.8 Å². The highest BCUT2D eigenvalue weighted by atomic mass is 16.4. The third kappa shape index (κ3) is 3.36. The molecule has 4 aliphatic rings. The van der Waals surface area contributed by atoms with Crippen LogP contribution in [0.3, 0.4) is 0 Å². The van der Waals surface area contributed by atoms with Gasteiger partial charge in [-0.05, 0) is 104 Å². The summed E-state index contributed by atoms with van der Waals surface area (Å²) in [5.74, 6) is 1.22. The third-order valence-electron chi connectivity index (χ3n) is 10.3. The number of carboxylic acids is 1. The van der Waals surface area contributed by atoms with Crippen LogP contribution in [0.25, 0.3) is 0 Å². The SMILES string of the molecule is C[C@H](CC(O)C(=O)O)[C@H]1CCC2C3C(O)C[C@@H]4C[C@H](O)CC[C@]4(C)C3CC[C@@]21C. The summed E-state index contributed by atoms with van der Waals surface area (Å²) in [7, 11) is 0. The third-order valence-corrected chi connectivity index (χ3v) is 10.3. The molecule has 4 N–H and O–H groups in total. The summed E-state index contributed by atoms with van der Waals surface area (Å²) in [6.07, 6.45) is 6.60. The minimum absolute atomic E-state index is 0.122. The predicted octanol–water partition coefficient (Wildman–Crippen LogP) is 3.45. The molecule has 11 atom stereocenters. The maximum absolute atomic E-state index is 11.2. The van der Waals surface area contributed by atoms with E-state index in [2.05, 4.69) is 20.8 Å². The molecule has 0 heterocycles. The number of rotatable bonds is 4. The van der Waals surface area contributed by atoms with Gasteiger partial charge in [-0.15, -0.1) is 0 Å². The van der Waals surface area contributed by atoms with Crippen LogP contribution in [-0.2, 0) is 4.79 Å². The Morgan fingerprint density at radius 2 is 1.66 bits per heavy atom. The van der Waals surface area contributed by atoms with E-state index < -0.39 is 12.1 Å². The Bertz CT molecular complexity index is 637. The maximum atomic E-state index is 11.2. The van der Waals surface area contributed by atoms with E-state index in [0.29, 0.717) is 36.0 Å². The van der Waals surface area contributed by atoms with E-state index >= 15 is 0 Å². The molecule has 0 aromatic rings. The monoisotopic (exact) mass is 408 g/mol. The number of carboxylic acid groups (broad SMARTS) is 1. The van der Waals surface area contributed by atoms with E-state index in [-0.39, 0.29) is 29.0 Å². The summed E-state index contributed by atoms with van der Waals surface area (Å²) < 4.78 is 0. The molecule has 4 fully saturated rings. The number of hydrogen-bond donors (Lipinski definition) is 4. The molecular weight excluding hydrogens is 368 g/mol. The van der Waals surface area contributed by atoms with Gasteiger partial charge in [0.2, 0.25) is 0 Å². The highest BCUT2D eigenvalue weighted by Crippen LogP contribution is 2.68. The lowest BCUT2D eigenvalue weighted by atomic mass is 9.43. The van der Waals surface area contributed by atoms with Crippen LogP contribution in [0.4, 0.5) is 0 Å². The van der Waals surface area contributed by atoms with Crippen molar-refractivity contribution in [2.45, 2.75) is 96.9 Å². The van der Waals surface area contributed by atoms with Gasteiger partial charge in [-0.2, -0.15) is 0 Å². The molecule has 5 heteroatoms. The summed E-state index contributed by atoms with van der Waals surface area (Å²) in [5.41, 5.74) is 0.352. The van der Waals surface area contributed by atoms with Crippen molar-refractivity contribution in [3.05, 3.63) is 0 Å². The fourth-order valence-electron chi connectivity index (χ4n) is 8.79. The fourth-order valence-corrected chi connectivity index (χ4v) is 8.79. The predicted molar refractivity (Wildman–Crippen MR) is 110 cm³/mol. The van der Waals surface area contributed by atoms with Crippen LogP contribution < -0.4 is 0 Å². The van der Waals surface area contributed by atoms with Crippen LogP contribution in [0, 0.1) is 46.3 Å². The molecule has 0 aromatic carbocycles. The number of hydrogen-bond acceptors (Lipinski definition) is 4. The van der Waals surface area contributed by atoms with Gasteiger partial charge in [0.15, 0.2) is 6.10 Å². The second kappa shape index (κ2) is 7.49. The van der Waals surface area contributed by atoms with Gasteiger partial charge < -0.3 is 20.4 Å². The minimum atomic E-state index is -1.28. The second-order valence-corrected chi connectivity index (χ2v) is 11.5. The molecule has 0 amide bonds. The van der Waals surface area contributed by atoms with E-state index in [0.717, 1.165) is 51.4 Å². The van der Waals surface area contributed by atoms with Crippen molar-refractivity contribution in [2.75, 3.05) is 0 Å². The van der Waals surface area contributed by atoms with Crippen molar-refractivity contribution >= 4 is 5.97 Å². The summed E-state index contributed by atoms with van der Waals surface area (Å²) in [5, 5.41) is 40.5. The van der Waals surface area contributed by atoms with E-state index in [9.17, 15) is 20.1 Å². The molecule has 0 aromatic heterocycles. The highest BCUT2D eigenvalue weighted by molar-refractivity contribution is 5.71. The Labute approximate surface area is 174 Å². The van der Waals surface area contributed by atoms with Gasteiger partial charge >= 0.3 is 5.97 Å². The van der Waals surface area contributed by atoms with Gasteiger partial charge in [0, 0.05) is 0 Å². The van der Waals surface area contributed by atoms with Gasteiger partial charge in [0.25, 0.3) is 0 Å². The lowest BCUT2D eigenvalue weighted by Gasteiger charge is -2.62. The first-order valence-corrected chi connectivity index (χ1v) is 11.8. The summed E-state index contributed by atoms with van der Waals surface area (Å²) in [4.78, 5) is 11.1. The zero-order valence-electron chi connectivity index (χ0n) is 18.3. The number of aliphatic carboxylic acids is 1. The van der Waals surface area contributed by atoms with E-state index in [1.165, 1.54) is 0 Å². The Hall–Kier alpha value is -0.650. The average molecular weight is 409 g/mol. The Morgan fingerprint density at radius 1 is 1.00 bits per heavy atom. The standard InChI is InChI=1S/C24H40O5/c1-13(10-20(27)22(28)29)16-4-5-17-21-18(7-9-24(16,17)3)23(2)8-6-15(25)11-14(23)12-19(21)26/h13-21,25-27H,4-12H2,1-3H3,(H,28,29)/t13-,14+,15-,16-,17?,18?,19?,20?,21?,23+,24-/m1/s1. The first-order chi connectivity index (χ1) is 13.6. The van der Waals surface area contributed by atoms with Gasteiger partial charge in [-0.25, -0.2) is 4.79 Å². The Kier molecular flexibility index (Phi) is 5.57. The molecule has 0 aliphatic heterocycles. The summed E-state index contributed by atoms with van der Waals surface area (Å²) >= 11 is 0. The van der Waals surface area contributed by atoms with Crippen LogP contribution in [-0.4, -0.2) is 44.7 Å². The minimum Gasteiger partial charge on any atom is -0.479 e. The van der Waals surface area contributed by atoms with Crippen LogP contribution in [0.1, 0.15) is 78.6 Å². The fraction of sp³-hybridized carbons (Fsp3) is 0.958. The van der Waals surface area contributed by atoms with E-state index in [1.807, 2.05) is 0 Å². The van der Waals surface area contributed by atoms with Crippen molar-refractivity contribution in [3.63, 3.8) is 0 Å². The zero-order valence-corrected chi connectivity index (χ0v) is 18.3. The number of carbonyl (C=O) groups is 1. The molecule has 0 bridgehead atoms. The maximum Gasteiger partial charge on any atom is 0.332 e. The van der Waals surface area contributed by atoms with Crippen LogP contribution in [0.5, 0.6) is 0 Å². The molecule has 29 heavy (non-hydrogen) atoms. The quantitative estimate of drug-likeness (QED) is 0.571. The highest BCUT2D eigenvalue weighted by Gasteiger charge is 2.62. The number of fused-ring (bicyclic) bond motifs is 5. The van der Waals surface area contributed by atoms with Crippen molar-refractivity contribution in [1.82, 2.24) is 0 Å². The first kappa shape index (κ1) is 21.6. The molecule has 0 radical (unpaired) electrons. The van der Waals surface area contributed by atoms with Crippen LogP contribution in [0.15, 0.2) is 0 Å². The molecule has 4 saturated carbocycles. The lowest BCUT2D eigenvalue weighted by molar-refractivity contribution is -0.174. The number of aliphatic hydroxyl groups excluding tert-OH is 3. The van der Waals surface area contributed by atoms with Gasteiger partial charge in [-0.3, -0.25) is 0 Å². The van der Waals surface area contributed by atoms with Crippen molar-refractivity contribution in [1.29, 1.82) is 0 Å². The molecule has 0 spiro atoms. The van der Waals surface area contributed by atoms with Gasteiger partial charge in [0.05, 0.1) is 12.2 Å². The zero-order chi connectivity index (χ0) is 21.1. The Balaban J connectivity index is 1.56. The van der Waals surface area contributed by atoms with Crippen LogP contribution >= 0.6 is 0 Å². The molecular formula is C24H40O5. The lowest BCUT2D eigenvalue weighted by Crippen LogP contribution is -2.58. The molecule has 4 rings (SSSR count). The second-order valence-electron chi connectivity index (χ2n) is 11.5. The topological polar surface area (TPSA) is 98.0 Å². The van der Waals surface area contributed by atoms with Crippen molar-refractivity contribution < 1.29 is 25.2 Å². The first-order valence-electron chi connectivity index (χ1n) is 11.8. The molecule has 0 saturated heterocycles. The van der Waals surface area contributed by atoms with Crippen molar-refractivity contribution in [3.8, 4) is 0 Å². The molecule has 166 valence electrons. The largest absolute Gasteiger partial charge is 0.479 e. The molecule has 5 nitrogen and oxygen atoms in total. The smallest absolute Gasteiger partial charge is 0.332 e. The van der Waals surface area contributed by atoms with Gasteiger partial charge in [0.1, 0.15) is 0 Å². The Morgan fingerprint density at radius 3 is 2.34 bits per heavy atom.